The number of hydroxylamine groups is 2. The van der Waals surface area contributed by atoms with E-state index in [9.17, 15) is 9.59 Å². The minimum atomic E-state index is -0.352. The van der Waals surface area contributed by atoms with Crippen molar-refractivity contribution in [2.75, 3.05) is 6.54 Å². The van der Waals surface area contributed by atoms with Crippen molar-refractivity contribution < 1.29 is 9.63 Å². The predicted octanol–water partition coefficient (Wildman–Crippen LogP) is 2.60. The molecule has 0 N–H and O–H groups in total. The first-order valence-electron chi connectivity index (χ1n) is 7.49. The van der Waals surface area contributed by atoms with Crippen LogP contribution >= 0.6 is 0 Å². The fourth-order valence-corrected chi connectivity index (χ4v) is 2.02. The summed E-state index contributed by atoms with van der Waals surface area (Å²) in [6.07, 6.45) is 6.45. The predicted molar refractivity (Wildman–Crippen MR) is 82.8 cm³/mol. The van der Waals surface area contributed by atoms with Crippen LogP contribution in [0.4, 0.5) is 0 Å². The van der Waals surface area contributed by atoms with Crippen molar-refractivity contribution in [3.63, 3.8) is 0 Å². The molecule has 0 aliphatic carbocycles. The van der Waals surface area contributed by atoms with Crippen molar-refractivity contribution >= 4 is 6.41 Å². The van der Waals surface area contributed by atoms with Crippen LogP contribution in [0.5, 0.6) is 0 Å². The third-order valence-corrected chi connectivity index (χ3v) is 2.94. The Hall–Kier alpha value is -1.62. The molecular weight excluding hydrogens is 268 g/mol. The highest BCUT2D eigenvalue weighted by Crippen LogP contribution is 2.10. The molecule has 1 aromatic rings. The minimum absolute atomic E-state index is 0.0446. The van der Waals surface area contributed by atoms with E-state index >= 15 is 0 Å². The average Bonchev–Trinajstić information content (AvgIpc) is 2.41. The van der Waals surface area contributed by atoms with E-state index < -0.39 is 0 Å². The van der Waals surface area contributed by atoms with Crippen molar-refractivity contribution in [2.45, 2.75) is 58.6 Å². The lowest BCUT2D eigenvalue weighted by Gasteiger charge is -2.26. The fourth-order valence-electron chi connectivity index (χ4n) is 2.02. The smallest absolute Gasteiger partial charge is 0.250 e. The standard InChI is InChI=1S/C16H26N2O3/c1-16(2,3)21-18(14-19)13-8-5-4-7-11-17-12-9-6-10-15(17)20/h6,9-10,12,14H,4-5,7-8,11,13H2,1-3H3. The Morgan fingerprint density at radius 1 is 1.19 bits per heavy atom. The number of nitrogens with zero attached hydrogens (tertiary/aromatic N) is 2. The Morgan fingerprint density at radius 2 is 1.90 bits per heavy atom. The third-order valence-electron chi connectivity index (χ3n) is 2.94. The summed E-state index contributed by atoms with van der Waals surface area (Å²) in [6.45, 7) is 7.10. The van der Waals surface area contributed by atoms with E-state index in [2.05, 4.69) is 0 Å². The first kappa shape index (κ1) is 17.4. The molecule has 1 heterocycles. The molecule has 0 fully saturated rings. The first-order valence-corrected chi connectivity index (χ1v) is 7.49. The molecular formula is C16H26N2O3. The van der Waals surface area contributed by atoms with Crippen LogP contribution in [0.25, 0.3) is 0 Å². The second-order valence-corrected chi connectivity index (χ2v) is 6.10. The van der Waals surface area contributed by atoms with E-state index in [1.807, 2.05) is 33.0 Å². The van der Waals surface area contributed by atoms with E-state index in [0.717, 1.165) is 38.6 Å². The quantitative estimate of drug-likeness (QED) is 0.399. The Morgan fingerprint density at radius 3 is 2.52 bits per heavy atom. The molecule has 0 unspecified atom stereocenters. The summed E-state index contributed by atoms with van der Waals surface area (Å²) < 4.78 is 1.72. The lowest BCUT2D eigenvalue weighted by Crippen LogP contribution is -2.33. The summed E-state index contributed by atoms with van der Waals surface area (Å²) in [6, 6.07) is 5.20. The van der Waals surface area contributed by atoms with E-state index in [1.165, 1.54) is 5.06 Å². The summed E-state index contributed by atoms with van der Waals surface area (Å²) in [5, 5.41) is 1.36. The van der Waals surface area contributed by atoms with Gasteiger partial charge in [-0.15, -0.1) is 0 Å². The third kappa shape index (κ3) is 7.66. The van der Waals surface area contributed by atoms with Crippen LogP contribution in [0.15, 0.2) is 29.2 Å². The Balaban J connectivity index is 2.15. The van der Waals surface area contributed by atoms with Crippen LogP contribution in [0.2, 0.25) is 0 Å². The molecule has 0 aromatic carbocycles. The van der Waals surface area contributed by atoms with Gasteiger partial charge in [0.25, 0.3) is 0 Å². The summed E-state index contributed by atoms with van der Waals surface area (Å²) in [5.41, 5.74) is -0.307. The van der Waals surface area contributed by atoms with Gasteiger partial charge >= 0.3 is 0 Å². The second-order valence-electron chi connectivity index (χ2n) is 6.10. The Kier molecular flexibility index (Phi) is 7.15. The number of hydrogen-bond acceptors (Lipinski definition) is 3. The average molecular weight is 294 g/mol. The van der Waals surface area contributed by atoms with Gasteiger partial charge in [0.05, 0.1) is 5.60 Å². The summed E-state index contributed by atoms with van der Waals surface area (Å²) >= 11 is 0. The number of aryl methyl sites for hydroxylation is 1. The van der Waals surface area contributed by atoms with Gasteiger partial charge in [-0.05, 0) is 39.7 Å². The number of carbonyl (C=O) groups excluding carboxylic acids is 1. The highest BCUT2D eigenvalue weighted by molar-refractivity contribution is 5.44. The number of pyridine rings is 1. The van der Waals surface area contributed by atoms with Gasteiger partial charge in [0.15, 0.2) is 0 Å². The normalized spacial score (nSPS) is 11.4. The van der Waals surface area contributed by atoms with Crippen molar-refractivity contribution in [3.05, 3.63) is 34.7 Å². The molecule has 0 spiro atoms. The molecule has 1 amide bonds. The number of aromatic nitrogens is 1. The summed E-state index contributed by atoms with van der Waals surface area (Å²) in [7, 11) is 0. The topological polar surface area (TPSA) is 51.5 Å². The molecule has 0 saturated carbocycles. The van der Waals surface area contributed by atoms with Crippen molar-refractivity contribution in [2.24, 2.45) is 0 Å². The molecule has 0 aliphatic heterocycles. The van der Waals surface area contributed by atoms with Crippen LogP contribution in [0, 0.1) is 0 Å². The van der Waals surface area contributed by atoms with E-state index in [1.54, 1.807) is 16.7 Å². The molecule has 0 bridgehead atoms. The number of rotatable bonds is 9. The van der Waals surface area contributed by atoms with Crippen molar-refractivity contribution in [1.29, 1.82) is 0 Å². The maximum atomic E-state index is 11.5. The van der Waals surface area contributed by atoms with Gasteiger partial charge in [0.2, 0.25) is 12.0 Å². The zero-order valence-electron chi connectivity index (χ0n) is 13.2. The zero-order valence-corrected chi connectivity index (χ0v) is 13.2. The van der Waals surface area contributed by atoms with Crippen LogP contribution in [-0.2, 0) is 16.2 Å². The van der Waals surface area contributed by atoms with Gasteiger partial charge in [-0.2, -0.15) is 0 Å². The van der Waals surface area contributed by atoms with Gasteiger partial charge in [-0.1, -0.05) is 18.9 Å². The minimum Gasteiger partial charge on any atom is -0.316 e. The monoisotopic (exact) mass is 294 g/mol. The van der Waals surface area contributed by atoms with E-state index in [0.29, 0.717) is 6.54 Å². The van der Waals surface area contributed by atoms with Gasteiger partial charge in [0.1, 0.15) is 0 Å². The number of amides is 1. The second kappa shape index (κ2) is 8.62. The van der Waals surface area contributed by atoms with Crippen LogP contribution in [0.3, 0.4) is 0 Å². The van der Waals surface area contributed by atoms with Gasteiger partial charge in [-0.3, -0.25) is 14.4 Å². The summed E-state index contributed by atoms with van der Waals surface area (Å²) in [5.74, 6) is 0. The molecule has 5 nitrogen and oxygen atoms in total. The molecule has 1 rings (SSSR count). The highest BCUT2D eigenvalue weighted by atomic mass is 16.7. The maximum Gasteiger partial charge on any atom is 0.250 e. The molecule has 0 atom stereocenters. The lowest BCUT2D eigenvalue weighted by molar-refractivity contribution is -0.216. The van der Waals surface area contributed by atoms with Crippen molar-refractivity contribution in [1.82, 2.24) is 9.63 Å². The molecule has 118 valence electrons. The SMILES string of the molecule is CC(C)(C)ON(C=O)CCCCCCn1ccccc1=O. The van der Waals surface area contributed by atoms with Crippen LogP contribution in [-0.4, -0.2) is 28.2 Å². The van der Waals surface area contributed by atoms with E-state index in [4.69, 9.17) is 4.84 Å². The van der Waals surface area contributed by atoms with Gasteiger partial charge < -0.3 is 4.57 Å². The first-order chi connectivity index (χ1) is 9.92. The van der Waals surface area contributed by atoms with E-state index in [-0.39, 0.29) is 11.2 Å². The zero-order chi connectivity index (χ0) is 15.7. The molecule has 0 saturated heterocycles. The van der Waals surface area contributed by atoms with Crippen LogP contribution < -0.4 is 5.56 Å². The Bertz CT molecular complexity index is 477. The van der Waals surface area contributed by atoms with Gasteiger partial charge in [-0.25, -0.2) is 5.06 Å². The molecule has 21 heavy (non-hydrogen) atoms. The molecule has 0 aliphatic rings. The molecule has 0 radical (unpaired) electrons. The maximum absolute atomic E-state index is 11.5. The number of carbonyl (C=O) groups is 1. The highest BCUT2D eigenvalue weighted by Gasteiger charge is 2.15. The number of unbranched alkanes of at least 4 members (excludes halogenated alkanes) is 3. The summed E-state index contributed by atoms with van der Waals surface area (Å²) in [4.78, 5) is 27.9. The lowest BCUT2D eigenvalue weighted by atomic mass is 10.2. The molecule has 1 aromatic heterocycles. The number of hydrogen-bond donors (Lipinski definition) is 0. The van der Waals surface area contributed by atoms with Gasteiger partial charge in [0, 0.05) is 25.4 Å². The van der Waals surface area contributed by atoms with Crippen molar-refractivity contribution in [3.8, 4) is 0 Å². The fraction of sp³-hybridized carbons (Fsp3) is 0.625. The largest absolute Gasteiger partial charge is 0.316 e. The molecule has 5 heteroatoms. The Labute approximate surface area is 126 Å². The van der Waals surface area contributed by atoms with Crippen LogP contribution in [0.1, 0.15) is 46.5 Å².